The Morgan fingerprint density at radius 2 is 1.64 bits per heavy atom. The SMILES string of the molecule is COc1cc(C2SCCS2)ccc1OC(=O)c1ccc(S(=O)(=O)N2CC(C)OC(C)C2)cc1. The summed E-state index contributed by atoms with van der Waals surface area (Å²) >= 11 is 3.77. The van der Waals surface area contributed by atoms with Gasteiger partial charge in [0, 0.05) is 24.6 Å². The van der Waals surface area contributed by atoms with Gasteiger partial charge in [0.2, 0.25) is 10.0 Å². The molecule has 2 saturated heterocycles. The minimum atomic E-state index is -3.68. The molecule has 0 saturated carbocycles. The van der Waals surface area contributed by atoms with Crippen molar-refractivity contribution >= 4 is 39.5 Å². The van der Waals surface area contributed by atoms with Crippen LogP contribution in [-0.2, 0) is 14.8 Å². The van der Waals surface area contributed by atoms with Crippen molar-refractivity contribution in [2.75, 3.05) is 31.7 Å². The second-order valence-electron chi connectivity index (χ2n) is 7.98. The van der Waals surface area contributed by atoms with E-state index in [4.69, 9.17) is 14.2 Å². The van der Waals surface area contributed by atoms with Crippen LogP contribution in [0.15, 0.2) is 47.4 Å². The van der Waals surface area contributed by atoms with Crippen LogP contribution in [0.2, 0.25) is 0 Å². The minimum Gasteiger partial charge on any atom is -0.493 e. The molecule has 2 heterocycles. The van der Waals surface area contributed by atoms with Crippen LogP contribution in [0.25, 0.3) is 0 Å². The van der Waals surface area contributed by atoms with Crippen LogP contribution >= 0.6 is 23.5 Å². The van der Waals surface area contributed by atoms with Crippen LogP contribution in [-0.4, -0.2) is 62.6 Å². The second kappa shape index (κ2) is 10.3. The van der Waals surface area contributed by atoms with Crippen molar-refractivity contribution < 1.29 is 27.4 Å². The summed E-state index contributed by atoms with van der Waals surface area (Å²) in [6.07, 6.45) is -0.352. The van der Waals surface area contributed by atoms with Gasteiger partial charge in [0.05, 0.1) is 34.4 Å². The fourth-order valence-corrected chi connectivity index (χ4v) is 8.29. The van der Waals surface area contributed by atoms with Gasteiger partial charge in [-0.1, -0.05) is 6.07 Å². The van der Waals surface area contributed by atoms with Crippen LogP contribution in [0.1, 0.15) is 34.4 Å². The first-order chi connectivity index (χ1) is 15.8. The van der Waals surface area contributed by atoms with Crippen LogP contribution in [0, 0.1) is 0 Å². The number of sulfonamides is 1. The summed E-state index contributed by atoms with van der Waals surface area (Å²) in [7, 11) is -2.14. The van der Waals surface area contributed by atoms with E-state index in [1.807, 2.05) is 49.5 Å². The van der Waals surface area contributed by atoms with E-state index in [1.54, 1.807) is 13.2 Å². The van der Waals surface area contributed by atoms with Crippen molar-refractivity contribution in [2.24, 2.45) is 0 Å². The number of carbonyl (C=O) groups is 1. The van der Waals surface area contributed by atoms with Gasteiger partial charge in [0.1, 0.15) is 0 Å². The Balaban J connectivity index is 1.47. The van der Waals surface area contributed by atoms with Crippen molar-refractivity contribution in [3.63, 3.8) is 0 Å². The zero-order valence-corrected chi connectivity index (χ0v) is 21.2. The fourth-order valence-electron chi connectivity index (χ4n) is 3.86. The molecule has 2 unspecified atom stereocenters. The van der Waals surface area contributed by atoms with Crippen LogP contribution < -0.4 is 9.47 Å². The van der Waals surface area contributed by atoms with E-state index >= 15 is 0 Å². The van der Waals surface area contributed by atoms with Gasteiger partial charge in [0.15, 0.2) is 11.5 Å². The number of nitrogens with zero attached hydrogens (tertiary/aromatic N) is 1. The van der Waals surface area contributed by atoms with E-state index in [0.29, 0.717) is 29.2 Å². The highest BCUT2D eigenvalue weighted by atomic mass is 32.2. The van der Waals surface area contributed by atoms with Gasteiger partial charge >= 0.3 is 5.97 Å². The lowest BCUT2D eigenvalue weighted by Crippen LogP contribution is -2.48. The zero-order valence-electron chi connectivity index (χ0n) is 18.7. The van der Waals surface area contributed by atoms with Gasteiger partial charge in [0.25, 0.3) is 0 Å². The maximum Gasteiger partial charge on any atom is 0.343 e. The molecule has 0 amide bonds. The molecular formula is C23H27NO6S3. The smallest absolute Gasteiger partial charge is 0.343 e. The van der Waals surface area contributed by atoms with E-state index in [9.17, 15) is 13.2 Å². The van der Waals surface area contributed by atoms with Crippen molar-refractivity contribution in [1.29, 1.82) is 0 Å². The standard InChI is InChI=1S/C23H27NO6S3/c1-15-13-24(14-16(2)29-15)33(26,27)19-7-4-17(5-8-19)22(25)30-20-9-6-18(12-21(20)28-3)23-31-10-11-32-23/h4-9,12,15-16,23H,10-11,13-14H2,1-3H3. The highest BCUT2D eigenvalue weighted by molar-refractivity contribution is 8.19. The van der Waals surface area contributed by atoms with Gasteiger partial charge in [-0.05, 0) is 55.8 Å². The predicted octanol–water partition coefficient (Wildman–Crippen LogP) is 4.19. The van der Waals surface area contributed by atoms with E-state index < -0.39 is 16.0 Å². The number of thioether (sulfide) groups is 2. The monoisotopic (exact) mass is 509 g/mol. The number of rotatable bonds is 6. The van der Waals surface area contributed by atoms with E-state index in [1.165, 1.54) is 28.6 Å². The molecule has 2 atom stereocenters. The highest BCUT2D eigenvalue weighted by Gasteiger charge is 2.32. The molecule has 33 heavy (non-hydrogen) atoms. The van der Waals surface area contributed by atoms with Crippen molar-refractivity contribution in [3.05, 3.63) is 53.6 Å². The normalized spacial score (nSPS) is 22.3. The summed E-state index contributed by atoms with van der Waals surface area (Å²) in [6.45, 7) is 4.29. The Kier molecular flexibility index (Phi) is 7.59. The molecule has 0 N–H and O–H groups in total. The van der Waals surface area contributed by atoms with Crippen molar-refractivity contribution in [2.45, 2.75) is 35.5 Å². The molecule has 2 aromatic carbocycles. The van der Waals surface area contributed by atoms with Gasteiger partial charge in [-0.15, -0.1) is 23.5 Å². The summed E-state index contributed by atoms with van der Waals surface area (Å²) < 4.78 is 44.4. The Bertz CT molecular complexity index is 1090. The summed E-state index contributed by atoms with van der Waals surface area (Å²) in [5.41, 5.74) is 1.38. The average Bonchev–Trinajstić information content (AvgIpc) is 3.34. The van der Waals surface area contributed by atoms with Gasteiger partial charge in [-0.3, -0.25) is 0 Å². The van der Waals surface area contributed by atoms with E-state index in [-0.39, 0.29) is 22.7 Å². The predicted molar refractivity (Wildman–Crippen MR) is 131 cm³/mol. The molecule has 2 aromatic rings. The number of esters is 1. The van der Waals surface area contributed by atoms with Gasteiger partial charge in [-0.25, -0.2) is 13.2 Å². The van der Waals surface area contributed by atoms with Crippen LogP contribution in [0.3, 0.4) is 0 Å². The molecule has 2 aliphatic heterocycles. The summed E-state index contributed by atoms with van der Waals surface area (Å²) in [5.74, 6) is 2.46. The molecule has 10 heteroatoms. The number of benzene rings is 2. The molecule has 0 aromatic heterocycles. The minimum absolute atomic E-state index is 0.133. The number of morpholine rings is 1. The first-order valence-electron chi connectivity index (χ1n) is 10.7. The number of hydrogen-bond acceptors (Lipinski definition) is 8. The molecular weight excluding hydrogens is 482 g/mol. The Labute approximate surface area is 203 Å². The Hall–Kier alpha value is -1.72. The van der Waals surface area contributed by atoms with Gasteiger partial charge < -0.3 is 14.2 Å². The second-order valence-corrected chi connectivity index (χ2v) is 12.6. The third-order valence-electron chi connectivity index (χ3n) is 5.40. The fraction of sp³-hybridized carbons (Fsp3) is 0.435. The first kappa shape index (κ1) is 24.4. The van der Waals surface area contributed by atoms with Crippen molar-refractivity contribution in [1.82, 2.24) is 4.31 Å². The third-order valence-corrected chi connectivity index (χ3v) is 10.3. The molecule has 2 aliphatic rings. The highest BCUT2D eigenvalue weighted by Crippen LogP contribution is 2.47. The maximum absolute atomic E-state index is 13.0. The number of methoxy groups -OCH3 is 1. The molecule has 178 valence electrons. The van der Waals surface area contributed by atoms with Crippen LogP contribution in [0.5, 0.6) is 11.5 Å². The number of hydrogen-bond donors (Lipinski definition) is 0. The van der Waals surface area contributed by atoms with Gasteiger partial charge in [-0.2, -0.15) is 4.31 Å². The molecule has 2 fully saturated rings. The zero-order chi connectivity index (χ0) is 23.6. The lowest BCUT2D eigenvalue weighted by molar-refractivity contribution is -0.0440. The van der Waals surface area contributed by atoms with E-state index in [0.717, 1.165) is 17.1 Å². The number of ether oxygens (including phenoxy) is 3. The first-order valence-corrected chi connectivity index (χ1v) is 14.2. The molecule has 4 rings (SSSR count). The van der Waals surface area contributed by atoms with Crippen molar-refractivity contribution in [3.8, 4) is 11.5 Å². The van der Waals surface area contributed by atoms with E-state index in [2.05, 4.69) is 0 Å². The largest absolute Gasteiger partial charge is 0.493 e. The van der Waals surface area contributed by atoms with Crippen LogP contribution in [0.4, 0.5) is 0 Å². The maximum atomic E-state index is 13.0. The topological polar surface area (TPSA) is 82.1 Å². The average molecular weight is 510 g/mol. The molecule has 0 aliphatic carbocycles. The summed E-state index contributed by atoms with van der Waals surface area (Å²) in [5, 5.41) is 0. The Morgan fingerprint density at radius 1 is 1.00 bits per heavy atom. The Morgan fingerprint density at radius 3 is 2.24 bits per heavy atom. The molecule has 7 nitrogen and oxygen atoms in total. The lowest BCUT2D eigenvalue weighted by atomic mass is 10.2. The lowest BCUT2D eigenvalue weighted by Gasteiger charge is -2.34. The molecule has 0 radical (unpaired) electrons. The molecule has 0 spiro atoms. The summed E-state index contributed by atoms with van der Waals surface area (Å²) in [6, 6.07) is 11.4. The number of carbonyl (C=O) groups excluding carboxylic acids is 1. The quantitative estimate of drug-likeness (QED) is 0.424. The third kappa shape index (κ3) is 5.51. The molecule has 0 bridgehead atoms. The summed E-state index contributed by atoms with van der Waals surface area (Å²) in [4.78, 5) is 12.8.